The van der Waals surface area contributed by atoms with Gasteiger partial charge in [-0.05, 0) is 39.5 Å². The average Bonchev–Trinajstić information content (AvgIpc) is 2.90. The van der Waals surface area contributed by atoms with E-state index in [4.69, 9.17) is 0 Å². The summed E-state index contributed by atoms with van der Waals surface area (Å²) in [6.45, 7) is 5.51. The van der Waals surface area contributed by atoms with Crippen LogP contribution in [-0.2, 0) is 6.54 Å². The highest BCUT2D eigenvalue weighted by atomic mass is 79.9. The maximum absolute atomic E-state index is 3.76. The van der Waals surface area contributed by atoms with Crippen LogP contribution in [0.5, 0.6) is 0 Å². The van der Waals surface area contributed by atoms with Gasteiger partial charge in [0, 0.05) is 17.5 Å². The van der Waals surface area contributed by atoms with Crippen LogP contribution in [-0.4, -0.2) is 0 Å². The van der Waals surface area contributed by atoms with Gasteiger partial charge < -0.3 is 5.32 Å². The summed E-state index contributed by atoms with van der Waals surface area (Å²) < 4.78 is 1.20. The second-order valence-corrected chi connectivity index (χ2v) is 7.60. The third kappa shape index (κ3) is 4.18. The number of nitrogens with one attached hydrogen (secondary N) is 1. The number of hydrogen-bond donors (Lipinski definition) is 1. The third-order valence-electron chi connectivity index (χ3n) is 3.80. The number of rotatable bonds is 7. The Bertz CT molecular complexity index is 505. The second-order valence-electron chi connectivity index (χ2n) is 5.05. The van der Waals surface area contributed by atoms with E-state index in [2.05, 4.69) is 77.6 Å². The minimum absolute atomic E-state index is 0.437. The molecule has 0 aliphatic heterocycles. The van der Waals surface area contributed by atoms with Gasteiger partial charge in [0.25, 0.3) is 0 Å². The van der Waals surface area contributed by atoms with Gasteiger partial charge >= 0.3 is 0 Å². The molecule has 1 N–H and O–H groups in total. The molecule has 0 bridgehead atoms. The first-order chi connectivity index (χ1) is 9.74. The predicted octanol–water partition coefficient (Wildman–Crippen LogP) is 5.78. The number of hydrogen-bond acceptors (Lipinski definition) is 2. The lowest BCUT2D eigenvalue weighted by molar-refractivity contribution is 0.340. The van der Waals surface area contributed by atoms with Crippen molar-refractivity contribution in [2.45, 2.75) is 39.3 Å². The Kier molecular flexibility index (Phi) is 6.27. The fourth-order valence-corrected chi connectivity index (χ4v) is 4.07. The van der Waals surface area contributed by atoms with Crippen LogP contribution in [0.3, 0.4) is 0 Å². The summed E-state index contributed by atoms with van der Waals surface area (Å²) in [6, 6.07) is 15.6. The molecule has 1 heterocycles. The Morgan fingerprint density at radius 3 is 2.30 bits per heavy atom. The normalized spacial score (nSPS) is 12.8. The summed E-state index contributed by atoms with van der Waals surface area (Å²) in [5.41, 5.74) is 1.40. The van der Waals surface area contributed by atoms with E-state index >= 15 is 0 Å². The Hall–Kier alpha value is -0.640. The van der Waals surface area contributed by atoms with Crippen LogP contribution in [0, 0.1) is 5.92 Å². The maximum Gasteiger partial charge on any atom is 0.0701 e. The maximum atomic E-state index is 3.76. The molecular weight excluding hydrogens is 330 g/mol. The van der Waals surface area contributed by atoms with E-state index < -0.39 is 0 Å². The summed E-state index contributed by atoms with van der Waals surface area (Å²) >= 11 is 5.34. The molecule has 108 valence electrons. The molecule has 0 saturated carbocycles. The number of benzene rings is 1. The highest BCUT2D eigenvalue weighted by Crippen LogP contribution is 2.29. The molecule has 1 aromatic carbocycles. The number of halogens is 1. The number of thiophene rings is 1. The fourth-order valence-electron chi connectivity index (χ4n) is 2.63. The largest absolute Gasteiger partial charge is 0.305 e. The fraction of sp³-hybridized carbons (Fsp3) is 0.412. The van der Waals surface area contributed by atoms with Crippen molar-refractivity contribution >= 4 is 27.3 Å². The van der Waals surface area contributed by atoms with Gasteiger partial charge in [-0.25, -0.2) is 0 Å². The molecule has 3 heteroatoms. The molecule has 1 aromatic heterocycles. The zero-order valence-corrected chi connectivity index (χ0v) is 14.5. The lowest BCUT2D eigenvalue weighted by atomic mass is 9.89. The van der Waals surface area contributed by atoms with Crippen molar-refractivity contribution in [3.05, 3.63) is 56.7 Å². The topological polar surface area (TPSA) is 12.0 Å². The van der Waals surface area contributed by atoms with Gasteiger partial charge in [0.1, 0.15) is 0 Å². The van der Waals surface area contributed by atoms with Crippen LogP contribution in [0.15, 0.2) is 46.3 Å². The summed E-state index contributed by atoms with van der Waals surface area (Å²) in [5.74, 6) is 0.681. The van der Waals surface area contributed by atoms with Gasteiger partial charge in [0.15, 0.2) is 0 Å². The standard InChI is InChI=1S/C17H22BrNS/c1-3-13(4-2)17(14-8-6-5-7-9-14)19-12-15-10-11-16(18)20-15/h5-11,13,17,19H,3-4,12H2,1-2H3. The van der Waals surface area contributed by atoms with Gasteiger partial charge in [0.05, 0.1) is 3.79 Å². The van der Waals surface area contributed by atoms with E-state index in [9.17, 15) is 0 Å². The van der Waals surface area contributed by atoms with Crippen molar-refractivity contribution in [1.82, 2.24) is 5.32 Å². The van der Waals surface area contributed by atoms with Crippen molar-refractivity contribution in [1.29, 1.82) is 0 Å². The van der Waals surface area contributed by atoms with Gasteiger partial charge in [-0.3, -0.25) is 0 Å². The lowest BCUT2D eigenvalue weighted by Crippen LogP contribution is -2.27. The van der Waals surface area contributed by atoms with Gasteiger partial charge in [-0.2, -0.15) is 0 Å². The molecule has 0 spiro atoms. The van der Waals surface area contributed by atoms with Crippen molar-refractivity contribution in [2.75, 3.05) is 0 Å². The second kappa shape index (κ2) is 7.96. The Morgan fingerprint density at radius 1 is 1.05 bits per heavy atom. The van der Waals surface area contributed by atoms with Crippen molar-refractivity contribution < 1.29 is 0 Å². The monoisotopic (exact) mass is 351 g/mol. The molecule has 0 radical (unpaired) electrons. The molecule has 0 saturated heterocycles. The average molecular weight is 352 g/mol. The first-order valence-corrected chi connectivity index (χ1v) is 8.88. The molecule has 1 unspecified atom stereocenters. The summed E-state index contributed by atoms with van der Waals surface area (Å²) in [4.78, 5) is 1.38. The first-order valence-electron chi connectivity index (χ1n) is 7.27. The Balaban J connectivity index is 2.10. The van der Waals surface area contributed by atoms with Crippen LogP contribution >= 0.6 is 27.3 Å². The highest BCUT2D eigenvalue weighted by Gasteiger charge is 2.19. The Morgan fingerprint density at radius 2 is 1.75 bits per heavy atom. The van der Waals surface area contributed by atoms with Crippen LogP contribution in [0.25, 0.3) is 0 Å². The van der Waals surface area contributed by atoms with Crippen LogP contribution in [0.4, 0.5) is 0 Å². The molecule has 0 aliphatic carbocycles. The summed E-state index contributed by atoms with van der Waals surface area (Å²) in [7, 11) is 0. The minimum Gasteiger partial charge on any atom is -0.305 e. The minimum atomic E-state index is 0.437. The molecule has 1 atom stereocenters. The van der Waals surface area contributed by atoms with Crippen LogP contribution in [0.2, 0.25) is 0 Å². The Labute approximate surface area is 134 Å². The van der Waals surface area contributed by atoms with Gasteiger partial charge in [0.2, 0.25) is 0 Å². The van der Waals surface area contributed by atoms with E-state index in [0.717, 1.165) is 6.54 Å². The zero-order chi connectivity index (χ0) is 14.4. The SMILES string of the molecule is CCC(CC)C(NCc1ccc(Br)s1)c1ccccc1. The molecule has 20 heavy (non-hydrogen) atoms. The first kappa shape index (κ1) is 15.7. The molecule has 1 nitrogen and oxygen atoms in total. The smallest absolute Gasteiger partial charge is 0.0701 e. The van der Waals surface area contributed by atoms with E-state index in [1.165, 1.54) is 27.1 Å². The van der Waals surface area contributed by atoms with Crippen molar-refractivity contribution in [3.8, 4) is 0 Å². The molecular formula is C17H22BrNS. The molecule has 2 rings (SSSR count). The molecule has 0 aliphatic rings. The van der Waals surface area contributed by atoms with Crippen molar-refractivity contribution in [3.63, 3.8) is 0 Å². The summed E-state index contributed by atoms with van der Waals surface area (Å²) in [5, 5.41) is 3.76. The van der Waals surface area contributed by atoms with Gasteiger partial charge in [-0.15, -0.1) is 11.3 Å². The molecule has 2 aromatic rings. The summed E-state index contributed by atoms with van der Waals surface area (Å²) in [6.07, 6.45) is 2.41. The van der Waals surface area contributed by atoms with E-state index in [-0.39, 0.29) is 0 Å². The molecule has 0 fully saturated rings. The van der Waals surface area contributed by atoms with Crippen LogP contribution in [0.1, 0.15) is 43.2 Å². The van der Waals surface area contributed by atoms with E-state index in [1.807, 2.05) is 0 Å². The zero-order valence-electron chi connectivity index (χ0n) is 12.1. The van der Waals surface area contributed by atoms with Crippen LogP contribution < -0.4 is 5.32 Å². The van der Waals surface area contributed by atoms with Crippen molar-refractivity contribution in [2.24, 2.45) is 5.92 Å². The van der Waals surface area contributed by atoms with Gasteiger partial charge in [-0.1, -0.05) is 57.0 Å². The highest BCUT2D eigenvalue weighted by molar-refractivity contribution is 9.11. The van der Waals surface area contributed by atoms with E-state index in [0.29, 0.717) is 12.0 Å². The lowest BCUT2D eigenvalue weighted by Gasteiger charge is -2.27. The quantitative estimate of drug-likeness (QED) is 0.666. The van der Waals surface area contributed by atoms with E-state index in [1.54, 1.807) is 11.3 Å². The predicted molar refractivity (Wildman–Crippen MR) is 92.1 cm³/mol. The third-order valence-corrected chi connectivity index (χ3v) is 5.43. The molecule has 0 amide bonds.